The number of amides is 1. The summed E-state index contributed by atoms with van der Waals surface area (Å²) in [6.07, 6.45) is 3.41. The summed E-state index contributed by atoms with van der Waals surface area (Å²) in [4.78, 5) is 21.5. The second-order valence-electron chi connectivity index (χ2n) is 7.88. The number of aryl methyl sites for hydroxylation is 1. The van der Waals surface area contributed by atoms with Gasteiger partial charge in [-0.2, -0.15) is 0 Å². The van der Waals surface area contributed by atoms with Crippen LogP contribution in [0.1, 0.15) is 29.3 Å². The van der Waals surface area contributed by atoms with Gasteiger partial charge in [-0.3, -0.25) is 4.79 Å². The zero-order valence-corrected chi connectivity index (χ0v) is 18.3. The predicted molar refractivity (Wildman–Crippen MR) is 129 cm³/mol. The molecule has 0 aliphatic heterocycles. The van der Waals surface area contributed by atoms with Crippen LogP contribution in [0.3, 0.4) is 0 Å². The van der Waals surface area contributed by atoms with Crippen LogP contribution in [-0.4, -0.2) is 21.9 Å². The van der Waals surface area contributed by atoms with Gasteiger partial charge >= 0.3 is 0 Å². The fourth-order valence-corrected chi connectivity index (χ4v) is 3.46. The second kappa shape index (κ2) is 10.5. The number of nitrogens with one attached hydrogen (secondary N) is 2. The van der Waals surface area contributed by atoms with E-state index in [4.69, 9.17) is 0 Å². The molecule has 0 aliphatic rings. The van der Waals surface area contributed by atoms with Gasteiger partial charge < -0.3 is 10.6 Å². The number of hydrogen-bond donors (Lipinski definition) is 2. The van der Waals surface area contributed by atoms with Crippen molar-refractivity contribution in [2.24, 2.45) is 0 Å². The molecule has 5 nitrogen and oxygen atoms in total. The highest BCUT2D eigenvalue weighted by Gasteiger charge is 2.11. The van der Waals surface area contributed by atoms with Crippen molar-refractivity contribution in [3.63, 3.8) is 0 Å². The molecule has 0 spiro atoms. The maximum atomic E-state index is 13.2. The van der Waals surface area contributed by atoms with E-state index in [1.807, 2.05) is 37.3 Å². The van der Waals surface area contributed by atoms with Gasteiger partial charge in [-0.25, -0.2) is 14.4 Å². The third-order valence-corrected chi connectivity index (χ3v) is 5.24. The van der Waals surface area contributed by atoms with Crippen LogP contribution in [0.15, 0.2) is 91.1 Å². The monoisotopic (exact) mass is 440 g/mol. The number of halogens is 1. The summed E-state index contributed by atoms with van der Waals surface area (Å²) in [6, 6.07) is 25.3. The van der Waals surface area contributed by atoms with Crippen LogP contribution in [-0.2, 0) is 6.42 Å². The molecule has 0 saturated carbocycles. The molecule has 0 bridgehead atoms. The van der Waals surface area contributed by atoms with Gasteiger partial charge in [0.1, 0.15) is 11.6 Å². The van der Waals surface area contributed by atoms with Crippen LogP contribution < -0.4 is 10.6 Å². The molecule has 33 heavy (non-hydrogen) atoms. The Hall–Kier alpha value is -4.06. The Labute approximate surface area is 192 Å². The topological polar surface area (TPSA) is 66.9 Å². The molecule has 1 heterocycles. The van der Waals surface area contributed by atoms with Gasteiger partial charge in [0.05, 0.1) is 0 Å². The van der Waals surface area contributed by atoms with Crippen molar-refractivity contribution < 1.29 is 9.18 Å². The average molecular weight is 441 g/mol. The molecule has 3 aromatic carbocycles. The number of anilines is 2. The fourth-order valence-electron chi connectivity index (χ4n) is 3.46. The molecule has 1 aromatic heterocycles. The quantitative estimate of drug-likeness (QED) is 0.365. The van der Waals surface area contributed by atoms with Gasteiger partial charge in [0, 0.05) is 29.1 Å². The maximum absolute atomic E-state index is 13.2. The van der Waals surface area contributed by atoms with E-state index in [0.29, 0.717) is 17.2 Å². The van der Waals surface area contributed by atoms with Gasteiger partial charge in [-0.15, -0.1) is 0 Å². The third-order valence-electron chi connectivity index (χ3n) is 5.24. The van der Waals surface area contributed by atoms with Crippen LogP contribution in [0.25, 0.3) is 11.4 Å². The third kappa shape index (κ3) is 6.23. The molecule has 0 saturated heterocycles. The molecule has 166 valence electrons. The Morgan fingerprint density at radius 1 is 0.970 bits per heavy atom. The number of aromatic nitrogens is 2. The highest BCUT2D eigenvalue weighted by Crippen LogP contribution is 2.20. The molecular formula is C27H25FN4O. The van der Waals surface area contributed by atoms with E-state index in [-0.39, 0.29) is 17.8 Å². The summed E-state index contributed by atoms with van der Waals surface area (Å²) in [6.45, 7) is 2.01. The second-order valence-corrected chi connectivity index (χ2v) is 7.88. The average Bonchev–Trinajstić information content (AvgIpc) is 2.84. The first-order valence-electron chi connectivity index (χ1n) is 10.9. The Bertz CT molecular complexity index is 1210. The SMILES string of the molecule is C[C@H](CCc1ccccc1)NC(=O)c1cccc(Nc2ccnc(-c3ccc(F)cc3)n2)c1. The summed E-state index contributed by atoms with van der Waals surface area (Å²) >= 11 is 0. The summed E-state index contributed by atoms with van der Waals surface area (Å²) in [7, 11) is 0. The maximum Gasteiger partial charge on any atom is 0.251 e. The molecule has 1 amide bonds. The normalized spacial score (nSPS) is 11.6. The molecule has 1 atom stereocenters. The van der Waals surface area contributed by atoms with E-state index in [1.165, 1.54) is 17.7 Å². The highest BCUT2D eigenvalue weighted by atomic mass is 19.1. The van der Waals surface area contributed by atoms with Gasteiger partial charge in [0.15, 0.2) is 5.82 Å². The van der Waals surface area contributed by atoms with Gasteiger partial charge in [0.2, 0.25) is 0 Å². The lowest BCUT2D eigenvalue weighted by Gasteiger charge is -2.15. The summed E-state index contributed by atoms with van der Waals surface area (Å²) in [5, 5.41) is 6.29. The van der Waals surface area contributed by atoms with Crippen molar-refractivity contribution in [3.8, 4) is 11.4 Å². The largest absolute Gasteiger partial charge is 0.350 e. The summed E-state index contributed by atoms with van der Waals surface area (Å²) in [5.41, 5.74) is 3.29. The Kier molecular flexibility index (Phi) is 7.05. The van der Waals surface area contributed by atoms with Crippen LogP contribution >= 0.6 is 0 Å². The van der Waals surface area contributed by atoms with Crippen LogP contribution in [0.2, 0.25) is 0 Å². The lowest BCUT2D eigenvalue weighted by atomic mass is 10.1. The van der Waals surface area contributed by atoms with Crippen molar-refractivity contribution >= 4 is 17.4 Å². The first kappa shape index (κ1) is 22.1. The minimum Gasteiger partial charge on any atom is -0.350 e. The van der Waals surface area contributed by atoms with Crippen molar-refractivity contribution in [1.82, 2.24) is 15.3 Å². The van der Waals surface area contributed by atoms with Crippen LogP contribution in [0.5, 0.6) is 0 Å². The van der Waals surface area contributed by atoms with E-state index >= 15 is 0 Å². The molecule has 0 radical (unpaired) electrons. The van der Waals surface area contributed by atoms with Crippen LogP contribution in [0, 0.1) is 5.82 Å². The molecule has 0 fully saturated rings. The molecule has 4 aromatic rings. The Morgan fingerprint density at radius 2 is 1.76 bits per heavy atom. The molecular weight excluding hydrogens is 415 g/mol. The van der Waals surface area contributed by atoms with Crippen molar-refractivity contribution in [2.75, 3.05) is 5.32 Å². The van der Waals surface area contributed by atoms with Gasteiger partial charge in [-0.05, 0) is 73.9 Å². The van der Waals surface area contributed by atoms with E-state index < -0.39 is 0 Å². The number of nitrogens with zero attached hydrogens (tertiary/aromatic N) is 2. The van der Waals surface area contributed by atoms with Crippen LogP contribution in [0.4, 0.5) is 15.9 Å². The summed E-state index contributed by atoms with van der Waals surface area (Å²) < 4.78 is 13.2. The molecule has 6 heteroatoms. The van der Waals surface area contributed by atoms with E-state index in [2.05, 4.69) is 32.7 Å². The predicted octanol–water partition coefficient (Wildman–Crippen LogP) is 5.78. The minimum atomic E-state index is -0.308. The minimum absolute atomic E-state index is 0.0504. The molecule has 2 N–H and O–H groups in total. The first-order valence-corrected chi connectivity index (χ1v) is 10.9. The Morgan fingerprint density at radius 3 is 2.55 bits per heavy atom. The molecule has 4 rings (SSSR count). The van der Waals surface area contributed by atoms with Gasteiger partial charge in [-0.1, -0.05) is 36.4 Å². The zero-order valence-electron chi connectivity index (χ0n) is 18.3. The highest BCUT2D eigenvalue weighted by molar-refractivity contribution is 5.95. The number of carbonyl (C=O) groups excluding carboxylic acids is 1. The first-order chi connectivity index (χ1) is 16.1. The Balaban J connectivity index is 1.39. The van der Waals surface area contributed by atoms with E-state index in [0.717, 1.165) is 24.1 Å². The fraction of sp³-hybridized carbons (Fsp3) is 0.148. The zero-order chi connectivity index (χ0) is 23.0. The number of carbonyl (C=O) groups is 1. The molecule has 0 aliphatic carbocycles. The number of benzene rings is 3. The summed E-state index contributed by atoms with van der Waals surface area (Å²) in [5.74, 6) is 0.644. The van der Waals surface area contributed by atoms with Crippen molar-refractivity contribution in [2.45, 2.75) is 25.8 Å². The molecule has 0 unspecified atom stereocenters. The van der Waals surface area contributed by atoms with Crippen molar-refractivity contribution in [3.05, 3.63) is 108 Å². The number of hydrogen-bond acceptors (Lipinski definition) is 4. The van der Waals surface area contributed by atoms with E-state index in [9.17, 15) is 9.18 Å². The standard InChI is InChI=1S/C27H25FN4O/c1-19(10-11-20-6-3-2-4-7-20)30-27(33)22-8-5-9-24(18-22)31-25-16-17-29-26(32-25)21-12-14-23(28)15-13-21/h2-9,12-19H,10-11H2,1H3,(H,30,33)(H,29,31,32)/t19-/m1/s1. The lowest BCUT2D eigenvalue weighted by Crippen LogP contribution is -2.32. The van der Waals surface area contributed by atoms with Crippen molar-refractivity contribution in [1.29, 1.82) is 0 Å². The smallest absolute Gasteiger partial charge is 0.251 e. The number of rotatable bonds is 8. The van der Waals surface area contributed by atoms with Gasteiger partial charge in [0.25, 0.3) is 5.91 Å². The lowest BCUT2D eigenvalue weighted by molar-refractivity contribution is 0.0938. The van der Waals surface area contributed by atoms with E-state index in [1.54, 1.807) is 36.5 Å².